The highest BCUT2D eigenvalue weighted by molar-refractivity contribution is 7.84. The number of nitrogens with zero attached hydrogens (tertiary/aromatic N) is 2. The number of rotatable bonds is 5. The fourth-order valence-corrected chi connectivity index (χ4v) is 2.07. The zero-order valence-corrected chi connectivity index (χ0v) is 9.86. The Bertz CT molecular complexity index is 411. The average Bonchev–Trinajstić information content (AvgIpc) is 2.16. The number of hydrogen-bond donors (Lipinski definition) is 1. The molecule has 0 aliphatic rings. The zero-order valence-electron chi connectivity index (χ0n) is 9.04. The summed E-state index contributed by atoms with van der Waals surface area (Å²) in [5, 5.41) is 13.6. The molecule has 0 fully saturated rings. The molecule has 16 heavy (non-hydrogen) atoms. The standard InChI is InChI=1S/C9H13N3O3S/c1-7(6-16(2)15)11-9-8(12(13)14)4-3-5-10-9/h3-5,7H,6H2,1-2H3,(H,10,11). The molecule has 0 aliphatic carbocycles. The molecule has 88 valence electrons. The van der Waals surface area contributed by atoms with E-state index in [1.54, 1.807) is 13.2 Å². The SMILES string of the molecule is CC(CS(C)=O)Nc1ncccc1[N+](=O)[O-]. The van der Waals surface area contributed by atoms with Gasteiger partial charge in [-0.1, -0.05) is 0 Å². The van der Waals surface area contributed by atoms with Crippen molar-refractivity contribution in [3.63, 3.8) is 0 Å². The van der Waals surface area contributed by atoms with Crippen molar-refractivity contribution in [2.75, 3.05) is 17.3 Å². The summed E-state index contributed by atoms with van der Waals surface area (Å²) in [6.45, 7) is 1.81. The Balaban J connectivity index is 2.80. The fourth-order valence-electron chi connectivity index (χ4n) is 1.28. The largest absolute Gasteiger partial charge is 0.361 e. The van der Waals surface area contributed by atoms with Crippen molar-refractivity contribution in [2.45, 2.75) is 13.0 Å². The van der Waals surface area contributed by atoms with Gasteiger partial charge in [-0.05, 0) is 13.0 Å². The second-order valence-corrected chi connectivity index (χ2v) is 4.89. The Kier molecular flexibility index (Phi) is 4.36. The van der Waals surface area contributed by atoms with Gasteiger partial charge in [0.25, 0.3) is 0 Å². The lowest BCUT2D eigenvalue weighted by molar-refractivity contribution is -0.384. The monoisotopic (exact) mass is 243 g/mol. The second-order valence-electron chi connectivity index (χ2n) is 3.41. The van der Waals surface area contributed by atoms with Crippen molar-refractivity contribution in [1.82, 2.24) is 4.98 Å². The molecule has 6 nitrogen and oxygen atoms in total. The van der Waals surface area contributed by atoms with Crippen LogP contribution in [0.2, 0.25) is 0 Å². The normalized spacial score (nSPS) is 14.1. The maximum absolute atomic E-state index is 11.0. The summed E-state index contributed by atoms with van der Waals surface area (Å²) in [7, 11) is -0.947. The van der Waals surface area contributed by atoms with Crippen molar-refractivity contribution in [3.8, 4) is 0 Å². The van der Waals surface area contributed by atoms with Crippen molar-refractivity contribution >= 4 is 22.3 Å². The number of hydrogen-bond acceptors (Lipinski definition) is 5. The Morgan fingerprint density at radius 1 is 1.69 bits per heavy atom. The molecule has 0 radical (unpaired) electrons. The molecule has 0 amide bonds. The van der Waals surface area contributed by atoms with E-state index in [0.29, 0.717) is 5.75 Å². The van der Waals surface area contributed by atoms with Crippen molar-refractivity contribution in [2.24, 2.45) is 0 Å². The summed E-state index contributed by atoms with van der Waals surface area (Å²) in [6, 6.07) is 2.76. The second kappa shape index (κ2) is 5.55. The van der Waals surface area contributed by atoms with Gasteiger partial charge in [-0.2, -0.15) is 0 Å². The van der Waals surface area contributed by atoms with Gasteiger partial charge in [0.2, 0.25) is 5.82 Å². The van der Waals surface area contributed by atoms with Gasteiger partial charge in [0.05, 0.1) is 4.92 Å². The first-order valence-corrected chi connectivity index (χ1v) is 6.39. The summed E-state index contributed by atoms with van der Waals surface area (Å²) in [5.41, 5.74) is -0.0729. The molecule has 1 aromatic rings. The van der Waals surface area contributed by atoms with Gasteiger partial charge in [-0.15, -0.1) is 0 Å². The van der Waals surface area contributed by atoms with E-state index in [2.05, 4.69) is 10.3 Å². The summed E-state index contributed by atoms with van der Waals surface area (Å²) in [4.78, 5) is 14.1. The molecular weight excluding hydrogens is 230 g/mol. The van der Waals surface area contributed by atoms with Crippen LogP contribution in [0.25, 0.3) is 0 Å². The van der Waals surface area contributed by atoms with E-state index in [9.17, 15) is 14.3 Å². The average molecular weight is 243 g/mol. The number of aromatic nitrogens is 1. The third-order valence-electron chi connectivity index (χ3n) is 1.85. The van der Waals surface area contributed by atoms with E-state index < -0.39 is 15.7 Å². The highest BCUT2D eigenvalue weighted by Crippen LogP contribution is 2.20. The van der Waals surface area contributed by atoms with Crippen molar-refractivity contribution in [3.05, 3.63) is 28.4 Å². The van der Waals surface area contributed by atoms with E-state index in [0.717, 1.165) is 0 Å². The molecule has 0 bridgehead atoms. The van der Waals surface area contributed by atoms with E-state index in [-0.39, 0.29) is 17.5 Å². The maximum atomic E-state index is 11.0. The molecular formula is C9H13N3O3S. The van der Waals surface area contributed by atoms with Crippen LogP contribution in [-0.2, 0) is 10.8 Å². The molecule has 7 heteroatoms. The van der Waals surface area contributed by atoms with Crippen LogP contribution in [0.3, 0.4) is 0 Å². The predicted octanol–water partition coefficient (Wildman–Crippen LogP) is 1.17. The van der Waals surface area contributed by atoms with Gasteiger partial charge in [0.1, 0.15) is 0 Å². The third kappa shape index (κ3) is 3.58. The molecule has 2 atom stereocenters. The first-order valence-electron chi connectivity index (χ1n) is 4.66. The Morgan fingerprint density at radius 2 is 2.38 bits per heavy atom. The molecule has 0 aromatic carbocycles. The molecule has 1 rings (SSSR count). The van der Waals surface area contributed by atoms with Crippen molar-refractivity contribution < 1.29 is 9.13 Å². The van der Waals surface area contributed by atoms with Crippen LogP contribution in [-0.4, -0.2) is 32.2 Å². The van der Waals surface area contributed by atoms with Gasteiger partial charge in [0, 0.05) is 41.1 Å². The summed E-state index contributed by atoms with van der Waals surface area (Å²) < 4.78 is 11.0. The highest BCUT2D eigenvalue weighted by Gasteiger charge is 2.16. The number of nitrogens with one attached hydrogen (secondary N) is 1. The lowest BCUT2D eigenvalue weighted by Gasteiger charge is -2.12. The first kappa shape index (κ1) is 12.6. The molecule has 2 unspecified atom stereocenters. The van der Waals surface area contributed by atoms with Gasteiger partial charge in [-0.3, -0.25) is 14.3 Å². The van der Waals surface area contributed by atoms with E-state index in [1.807, 2.05) is 0 Å². The molecule has 1 heterocycles. The quantitative estimate of drug-likeness (QED) is 0.619. The predicted molar refractivity (Wildman–Crippen MR) is 62.9 cm³/mol. The van der Waals surface area contributed by atoms with Gasteiger partial charge in [0.15, 0.2) is 0 Å². The van der Waals surface area contributed by atoms with Gasteiger partial charge in [-0.25, -0.2) is 4.98 Å². The fraction of sp³-hybridized carbons (Fsp3) is 0.444. The van der Waals surface area contributed by atoms with Crippen LogP contribution in [0.15, 0.2) is 18.3 Å². The van der Waals surface area contributed by atoms with Crippen LogP contribution in [0.4, 0.5) is 11.5 Å². The minimum absolute atomic E-state index is 0.0729. The summed E-state index contributed by atoms with van der Waals surface area (Å²) >= 11 is 0. The Hall–Kier alpha value is -1.50. The minimum atomic E-state index is -0.947. The van der Waals surface area contributed by atoms with E-state index in [4.69, 9.17) is 0 Å². The van der Waals surface area contributed by atoms with Crippen molar-refractivity contribution in [1.29, 1.82) is 0 Å². The maximum Gasteiger partial charge on any atom is 0.311 e. The first-order chi connectivity index (χ1) is 7.50. The smallest absolute Gasteiger partial charge is 0.311 e. The Labute approximate surface area is 95.7 Å². The zero-order chi connectivity index (χ0) is 12.1. The topological polar surface area (TPSA) is 85.1 Å². The van der Waals surface area contributed by atoms with Crippen LogP contribution >= 0.6 is 0 Å². The lowest BCUT2D eigenvalue weighted by Crippen LogP contribution is -2.23. The molecule has 0 saturated heterocycles. The van der Waals surface area contributed by atoms with Gasteiger partial charge < -0.3 is 5.32 Å². The number of nitro groups is 1. The molecule has 1 aromatic heterocycles. The number of pyridine rings is 1. The summed E-state index contributed by atoms with van der Waals surface area (Å²) in [6.07, 6.45) is 3.07. The highest BCUT2D eigenvalue weighted by atomic mass is 32.2. The van der Waals surface area contributed by atoms with Gasteiger partial charge >= 0.3 is 5.69 Å². The van der Waals surface area contributed by atoms with Crippen LogP contribution in [0.1, 0.15) is 6.92 Å². The molecule has 0 aliphatic heterocycles. The molecule has 1 N–H and O–H groups in total. The van der Waals surface area contributed by atoms with E-state index in [1.165, 1.54) is 18.3 Å². The molecule has 0 spiro atoms. The molecule has 0 saturated carbocycles. The van der Waals surface area contributed by atoms with E-state index >= 15 is 0 Å². The van der Waals surface area contributed by atoms with Crippen LogP contribution < -0.4 is 5.32 Å². The third-order valence-corrected chi connectivity index (χ3v) is 2.82. The summed E-state index contributed by atoms with van der Waals surface area (Å²) in [5.74, 6) is 0.638. The van der Waals surface area contributed by atoms with Crippen LogP contribution in [0, 0.1) is 10.1 Å². The number of anilines is 1. The van der Waals surface area contributed by atoms with Crippen LogP contribution in [0.5, 0.6) is 0 Å². The minimum Gasteiger partial charge on any atom is -0.361 e. The Morgan fingerprint density at radius 3 is 2.94 bits per heavy atom. The lowest BCUT2D eigenvalue weighted by atomic mass is 10.3.